The first-order valence-corrected chi connectivity index (χ1v) is 19.2. The van der Waals surface area contributed by atoms with E-state index in [1.165, 1.54) is 25.7 Å². The fraction of sp³-hybridized carbons (Fsp3) is 0. The van der Waals surface area contributed by atoms with E-state index in [1.807, 2.05) is 41.9 Å². The third-order valence-electron chi connectivity index (χ3n) is 10.2. The van der Waals surface area contributed by atoms with Crippen molar-refractivity contribution < 1.29 is 0 Å². The topological polar surface area (TPSA) is 38.7 Å². The zero-order valence-corrected chi connectivity index (χ0v) is 30.6. The molecule has 3 nitrogen and oxygen atoms in total. The van der Waals surface area contributed by atoms with Crippen LogP contribution in [0, 0.1) is 0 Å². The number of thiophene rings is 1. The summed E-state index contributed by atoms with van der Waals surface area (Å²) in [5.41, 5.74) is 13.8. The molecule has 0 radical (unpaired) electrons. The van der Waals surface area contributed by atoms with Gasteiger partial charge >= 0.3 is 0 Å². The van der Waals surface area contributed by atoms with Crippen molar-refractivity contribution in [1.29, 1.82) is 0 Å². The molecule has 0 atom stereocenters. The Kier molecular flexibility index (Phi) is 8.36. The first kappa shape index (κ1) is 32.6. The number of hydrogen-bond donors (Lipinski definition) is 0. The Balaban J connectivity index is 1.19. The predicted octanol–water partition coefficient (Wildman–Crippen LogP) is 13.9. The van der Waals surface area contributed by atoms with E-state index in [1.54, 1.807) is 0 Å². The fourth-order valence-electron chi connectivity index (χ4n) is 7.39. The second kappa shape index (κ2) is 14.1. The molecule has 4 heteroatoms. The van der Waals surface area contributed by atoms with Crippen LogP contribution in [0.4, 0.5) is 0 Å². The lowest BCUT2D eigenvalue weighted by atomic mass is 9.93. The van der Waals surface area contributed by atoms with E-state index in [9.17, 15) is 0 Å². The van der Waals surface area contributed by atoms with Gasteiger partial charge in [0.15, 0.2) is 5.82 Å². The van der Waals surface area contributed by atoms with Crippen molar-refractivity contribution in [3.63, 3.8) is 0 Å². The minimum atomic E-state index is 0.682. The van der Waals surface area contributed by atoms with E-state index in [0.29, 0.717) is 5.82 Å². The molecular formula is C51H33N3S. The van der Waals surface area contributed by atoms with Gasteiger partial charge in [0.2, 0.25) is 0 Å². The van der Waals surface area contributed by atoms with Crippen LogP contribution in [0.5, 0.6) is 0 Å². The lowest BCUT2D eigenvalue weighted by Gasteiger charge is -2.15. The molecule has 0 N–H and O–H groups in total. The van der Waals surface area contributed by atoms with Gasteiger partial charge in [-0.25, -0.2) is 9.97 Å². The van der Waals surface area contributed by atoms with Gasteiger partial charge in [-0.2, -0.15) is 0 Å². The van der Waals surface area contributed by atoms with Gasteiger partial charge in [0, 0.05) is 49.3 Å². The summed E-state index contributed by atoms with van der Waals surface area (Å²) in [4.78, 5) is 14.8. The SMILES string of the molecule is c1ccc(-c2cc(-c3ccncc3)cc(-c3cc(-c4cc(-c5ccccc5)cc(-c5ccc6sc7ccccc7c6c5)c4)nc(-c4ccccc4)n3)c2)cc1. The molecule has 0 aliphatic rings. The molecule has 3 heterocycles. The van der Waals surface area contributed by atoms with E-state index in [4.69, 9.17) is 9.97 Å². The maximum absolute atomic E-state index is 5.30. The molecule has 258 valence electrons. The lowest BCUT2D eigenvalue weighted by Crippen LogP contribution is -1.97. The van der Waals surface area contributed by atoms with E-state index in [-0.39, 0.29) is 0 Å². The fourth-order valence-corrected chi connectivity index (χ4v) is 8.47. The van der Waals surface area contributed by atoms with Crippen molar-refractivity contribution in [1.82, 2.24) is 15.0 Å². The zero-order chi connectivity index (χ0) is 36.6. The van der Waals surface area contributed by atoms with Crippen molar-refractivity contribution in [3.8, 4) is 78.4 Å². The first-order chi connectivity index (χ1) is 27.2. The average molecular weight is 720 g/mol. The number of fused-ring (bicyclic) bond motifs is 3. The summed E-state index contributed by atoms with van der Waals surface area (Å²) in [6.07, 6.45) is 3.69. The van der Waals surface area contributed by atoms with Crippen LogP contribution < -0.4 is 0 Å². The third kappa shape index (κ3) is 6.50. The Labute approximate surface area is 323 Å². The van der Waals surface area contributed by atoms with Gasteiger partial charge in [0.05, 0.1) is 11.4 Å². The normalized spacial score (nSPS) is 11.3. The Morgan fingerprint density at radius 3 is 1.33 bits per heavy atom. The summed E-state index contributed by atoms with van der Waals surface area (Å²) in [7, 11) is 0. The van der Waals surface area contributed by atoms with Gasteiger partial charge in [-0.1, -0.05) is 115 Å². The van der Waals surface area contributed by atoms with Gasteiger partial charge in [-0.15, -0.1) is 11.3 Å². The summed E-state index contributed by atoms with van der Waals surface area (Å²) in [6.45, 7) is 0. The highest BCUT2D eigenvalue weighted by atomic mass is 32.1. The molecule has 0 saturated carbocycles. The van der Waals surface area contributed by atoms with Crippen molar-refractivity contribution in [2.45, 2.75) is 0 Å². The van der Waals surface area contributed by atoms with Crippen LogP contribution in [0.1, 0.15) is 0 Å². The molecule has 10 aromatic rings. The molecule has 0 bridgehead atoms. The van der Waals surface area contributed by atoms with Gasteiger partial charge in [-0.3, -0.25) is 4.98 Å². The van der Waals surface area contributed by atoms with Gasteiger partial charge in [0.1, 0.15) is 0 Å². The van der Waals surface area contributed by atoms with E-state index in [2.05, 4.69) is 175 Å². The van der Waals surface area contributed by atoms with Crippen LogP contribution in [-0.2, 0) is 0 Å². The largest absolute Gasteiger partial charge is 0.265 e. The molecule has 7 aromatic carbocycles. The first-order valence-electron chi connectivity index (χ1n) is 18.4. The molecule has 0 saturated heterocycles. The van der Waals surface area contributed by atoms with E-state index >= 15 is 0 Å². The van der Waals surface area contributed by atoms with Crippen LogP contribution in [0.15, 0.2) is 200 Å². The molecule has 0 spiro atoms. The number of benzene rings is 7. The maximum atomic E-state index is 5.30. The Bertz CT molecular complexity index is 2900. The molecule has 0 aliphatic heterocycles. The molecule has 10 rings (SSSR count). The number of aromatic nitrogens is 3. The van der Waals surface area contributed by atoms with Gasteiger partial charge < -0.3 is 0 Å². The summed E-state index contributed by atoms with van der Waals surface area (Å²) in [6, 6.07) is 66.8. The molecule has 3 aromatic heterocycles. The van der Waals surface area contributed by atoms with Gasteiger partial charge in [-0.05, 0) is 117 Å². The van der Waals surface area contributed by atoms with Crippen LogP contribution >= 0.6 is 11.3 Å². The number of hydrogen-bond acceptors (Lipinski definition) is 4. The minimum absolute atomic E-state index is 0.682. The van der Waals surface area contributed by atoms with E-state index < -0.39 is 0 Å². The monoisotopic (exact) mass is 719 g/mol. The van der Waals surface area contributed by atoms with Crippen LogP contribution in [0.3, 0.4) is 0 Å². The smallest absolute Gasteiger partial charge is 0.160 e. The highest BCUT2D eigenvalue weighted by Crippen LogP contribution is 2.40. The highest BCUT2D eigenvalue weighted by molar-refractivity contribution is 7.25. The number of nitrogens with zero attached hydrogens (tertiary/aromatic N) is 3. The van der Waals surface area contributed by atoms with Gasteiger partial charge in [0.25, 0.3) is 0 Å². The highest BCUT2D eigenvalue weighted by Gasteiger charge is 2.16. The quantitative estimate of drug-likeness (QED) is 0.165. The van der Waals surface area contributed by atoms with Crippen molar-refractivity contribution in [2.75, 3.05) is 0 Å². The second-order valence-corrected chi connectivity index (χ2v) is 14.8. The van der Waals surface area contributed by atoms with E-state index in [0.717, 1.165) is 67.0 Å². The average Bonchev–Trinajstić information content (AvgIpc) is 3.65. The lowest BCUT2D eigenvalue weighted by molar-refractivity contribution is 1.18. The minimum Gasteiger partial charge on any atom is -0.265 e. The zero-order valence-electron chi connectivity index (χ0n) is 29.8. The van der Waals surface area contributed by atoms with Crippen molar-refractivity contribution >= 4 is 31.5 Å². The maximum Gasteiger partial charge on any atom is 0.160 e. The Hall–Kier alpha value is -7.01. The van der Waals surface area contributed by atoms with Crippen molar-refractivity contribution in [2.24, 2.45) is 0 Å². The predicted molar refractivity (Wildman–Crippen MR) is 231 cm³/mol. The number of rotatable bonds is 7. The molecule has 0 fully saturated rings. The molecular weight excluding hydrogens is 687 g/mol. The van der Waals surface area contributed by atoms with Crippen LogP contribution in [-0.4, -0.2) is 15.0 Å². The van der Waals surface area contributed by atoms with Crippen LogP contribution in [0.25, 0.3) is 98.6 Å². The Morgan fingerprint density at radius 1 is 0.291 bits per heavy atom. The number of pyridine rings is 1. The standard InChI is InChI=1S/C51H33N3S/c1-4-12-34(13-5-1)39-26-41(36-22-24-52-25-23-36)30-43(28-39)47-33-48(54-51(53-47)37-16-8-3-9-17-37)44-29-40(35-14-6-2-7-15-35)27-42(31-44)38-20-21-50-46(32-38)45-18-10-11-19-49(45)55-50/h1-33H. The Morgan fingerprint density at radius 2 is 0.745 bits per heavy atom. The molecule has 0 amide bonds. The van der Waals surface area contributed by atoms with Crippen molar-refractivity contribution in [3.05, 3.63) is 200 Å². The third-order valence-corrected chi connectivity index (χ3v) is 11.3. The molecule has 55 heavy (non-hydrogen) atoms. The summed E-state index contributed by atoms with van der Waals surface area (Å²) in [5, 5.41) is 2.57. The second-order valence-electron chi connectivity index (χ2n) is 13.7. The van der Waals surface area contributed by atoms with Crippen LogP contribution in [0.2, 0.25) is 0 Å². The molecule has 0 aliphatic carbocycles. The summed E-state index contributed by atoms with van der Waals surface area (Å²) < 4.78 is 2.60. The summed E-state index contributed by atoms with van der Waals surface area (Å²) in [5.74, 6) is 0.682. The molecule has 0 unspecified atom stereocenters. The summed E-state index contributed by atoms with van der Waals surface area (Å²) >= 11 is 1.84.